The number of phenols is 1. The number of likely N-dealkylation sites (tertiary alicyclic amines) is 1. The Morgan fingerprint density at radius 1 is 1.36 bits per heavy atom. The van der Waals surface area contributed by atoms with Crippen LogP contribution in [0.5, 0.6) is 5.75 Å². The summed E-state index contributed by atoms with van der Waals surface area (Å²) in [5, 5.41) is 14.0. The molecule has 0 saturated carbocycles. The molecule has 1 fully saturated rings. The second kappa shape index (κ2) is 7.79. The minimum atomic E-state index is -0.601. The summed E-state index contributed by atoms with van der Waals surface area (Å²) in [6.45, 7) is 4.93. The Hall–Kier alpha value is -2.08. The third-order valence-electron chi connectivity index (χ3n) is 4.00. The van der Waals surface area contributed by atoms with Crippen molar-refractivity contribution in [3.8, 4) is 5.75 Å². The van der Waals surface area contributed by atoms with E-state index >= 15 is 0 Å². The highest BCUT2D eigenvalue weighted by Crippen LogP contribution is 2.18. The molecule has 1 aromatic rings. The molecule has 120 valence electrons. The summed E-state index contributed by atoms with van der Waals surface area (Å²) in [7, 11) is 1.29. The van der Waals surface area contributed by atoms with Crippen molar-refractivity contribution in [1.82, 2.24) is 5.43 Å². The van der Waals surface area contributed by atoms with Crippen LogP contribution in [0.3, 0.4) is 0 Å². The van der Waals surface area contributed by atoms with Crippen molar-refractivity contribution in [3.05, 3.63) is 29.3 Å². The van der Waals surface area contributed by atoms with E-state index in [1.165, 1.54) is 31.3 Å². The summed E-state index contributed by atoms with van der Waals surface area (Å²) >= 11 is 0. The van der Waals surface area contributed by atoms with Crippen LogP contribution in [-0.4, -0.2) is 37.1 Å². The van der Waals surface area contributed by atoms with Gasteiger partial charge in [-0.3, -0.25) is 0 Å². The highest BCUT2D eigenvalue weighted by molar-refractivity contribution is 5.99. The normalized spacial score (nSPS) is 16.4. The van der Waals surface area contributed by atoms with Gasteiger partial charge in [-0.1, -0.05) is 0 Å². The molecule has 0 aromatic heterocycles. The highest BCUT2D eigenvalue weighted by atomic mass is 16.5. The Morgan fingerprint density at radius 3 is 2.77 bits per heavy atom. The number of hydrogen-bond donors (Lipinski definition) is 3. The molecule has 2 rings (SSSR count). The Labute approximate surface area is 130 Å². The van der Waals surface area contributed by atoms with Gasteiger partial charge in [0.1, 0.15) is 12.3 Å². The maximum atomic E-state index is 11.0. The Morgan fingerprint density at radius 2 is 2.09 bits per heavy atom. The third kappa shape index (κ3) is 4.46. The Bertz CT molecular complexity index is 552. The fourth-order valence-corrected chi connectivity index (χ4v) is 2.69. The molecule has 1 amide bonds. The number of carbonyl (C=O) groups excluding carboxylic acids is 1. The minimum absolute atomic E-state index is 0.315. The van der Waals surface area contributed by atoms with E-state index in [0.717, 1.165) is 30.8 Å². The molecule has 3 N–H and O–H groups in total. The lowest BCUT2D eigenvalue weighted by Crippen LogP contribution is -3.11. The number of nitrogens with one attached hydrogen (secondary N) is 2. The second-order valence-electron chi connectivity index (χ2n) is 5.63. The van der Waals surface area contributed by atoms with E-state index in [4.69, 9.17) is 0 Å². The van der Waals surface area contributed by atoms with Crippen LogP contribution in [0.2, 0.25) is 0 Å². The smallest absolute Gasteiger partial charge is 0.427 e. The van der Waals surface area contributed by atoms with Gasteiger partial charge >= 0.3 is 6.09 Å². The van der Waals surface area contributed by atoms with Crippen LogP contribution in [-0.2, 0) is 11.3 Å². The number of nitrogens with zero attached hydrogens (tertiary/aromatic N) is 1. The molecular weight excluding hydrogens is 282 g/mol. The van der Waals surface area contributed by atoms with Crippen LogP contribution in [0.4, 0.5) is 4.79 Å². The van der Waals surface area contributed by atoms with Crippen molar-refractivity contribution in [2.45, 2.75) is 32.7 Å². The largest absolute Gasteiger partial charge is 0.507 e. The van der Waals surface area contributed by atoms with Gasteiger partial charge in [-0.25, -0.2) is 10.2 Å². The van der Waals surface area contributed by atoms with Gasteiger partial charge in [0, 0.05) is 5.56 Å². The molecule has 6 heteroatoms. The average Bonchev–Trinajstić information content (AvgIpc) is 2.55. The third-order valence-corrected chi connectivity index (χ3v) is 4.00. The summed E-state index contributed by atoms with van der Waals surface area (Å²) in [4.78, 5) is 12.5. The van der Waals surface area contributed by atoms with Gasteiger partial charge in [0.15, 0.2) is 0 Å². The molecule has 0 unspecified atom stereocenters. The molecule has 1 aromatic carbocycles. The standard InChI is InChI=1S/C16H23N3O3/c1-12(17-18-16(21)22-2)13-6-7-15(20)14(10-13)11-19-8-4-3-5-9-19/h6-7,10,20H,3-5,8-9,11H2,1-2H3,(H,18,21)/p+1/b17-12+. The SMILES string of the molecule is COC(=O)N/N=C(\C)c1ccc(O)c(C[NH+]2CCCCC2)c1. The number of ether oxygens (including phenoxy) is 1. The van der Waals surface area contributed by atoms with Crippen LogP contribution in [0.15, 0.2) is 23.3 Å². The van der Waals surface area contributed by atoms with Crippen molar-refractivity contribution < 1.29 is 19.5 Å². The number of hydrazone groups is 1. The molecule has 1 aliphatic heterocycles. The number of phenolic OH excluding ortho intramolecular Hbond substituents is 1. The van der Waals surface area contributed by atoms with Crippen LogP contribution >= 0.6 is 0 Å². The van der Waals surface area contributed by atoms with E-state index in [1.54, 1.807) is 19.1 Å². The molecule has 22 heavy (non-hydrogen) atoms. The van der Waals surface area contributed by atoms with Crippen LogP contribution in [0.1, 0.15) is 37.3 Å². The lowest BCUT2D eigenvalue weighted by atomic mass is 10.0. The molecule has 1 saturated heterocycles. The lowest BCUT2D eigenvalue weighted by Gasteiger charge is -2.24. The van der Waals surface area contributed by atoms with Gasteiger partial charge in [-0.2, -0.15) is 5.10 Å². The van der Waals surface area contributed by atoms with Crippen LogP contribution in [0.25, 0.3) is 0 Å². The van der Waals surface area contributed by atoms with Gasteiger partial charge in [-0.15, -0.1) is 0 Å². The lowest BCUT2D eigenvalue weighted by molar-refractivity contribution is -0.918. The second-order valence-corrected chi connectivity index (χ2v) is 5.63. The number of piperidine rings is 1. The number of carbonyl (C=O) groups is 1. The number of quaternary nitrogens is 1. The monoisotopic (exact) mass is 306 g/mol. The minimum Gasteiger partial charge on any atom is -0.507 e. The van der Waals surface area contributed by atoms with Gasteiger partial charge < -0.3 is 14.7 Å². The summed E-state index contributed by atoms with van der Waals surface area (Å²) in [6.07, 6.45) is 3.20. The predicted molar refractivity (Wildman–Crippen MR) is 84.1 cm³/mol. The summed E-state index contributed by atoms with van der Waals surface area (Å²) in [6, 6.07) is 5.42. The fraction of sp³-hybridized carbons (Fsp3) is 0.500. The highest BCUT2D eigenvalue weighted by Gasteiger charge is 2.16. The topological polar surface area (TPSA) is 75.4 Å². The number of rotatable bonds is 4. The molecular formula is C16H24N3O3+. The first kappa shape index (κ1) is 16.3. The molecule has 0 bridgehead atoms. The fourth-order valence-electron chi connectivity index (χ4n) is 2.69. The quantitative estimate of drug-likeness (QED) is 0.575. The maximum absolute atomic E-state index is 11.0. The molecule has 0 radical (unpaired) electrons. The van der Waals surface area contributed by atoms with Gasteiger partial charge in [0.25, 0.3) is 0 Å². The van der Waals surface area contributed by atoms with Gasteiger partial charge in [0.05, 0.1) is 25.9 Å². The first-order valence-corrected chi connectivity index (χ1v) is 7.64. The maximum Gasteiger partial charge on any atom is 0.427 e. The number of aromatic hydroxyl groups is 1. The van der Waals surface area contributed by atoms with Crippen LogP contribution < -0.4 is 10.3 Å². The van der Waals surface area contributed by atoms with Crippen molar-refractivity contribution >= 4 is 11.8 Å². The summed E-state index contributed by atoms with van der Waals surface area (Å²) in [5.74, 6) is 0.315. The van der Waals surface area contributed by atoms with E-state index in [0.29, 0.717) is 11.5 Å². The van der Waals surface area contributed by atoms with E-state index in [1.807, 2.05) is 6.07 Å². The average molecular weight is 306 g/mol. The van der Waals surface area contributed by atoms with E-state index in [-0.39, 0.29) is 0 Å². The number of hydrogen-bond acceptors (Lipinski definition) is 4. The molecule has 0 aliphatic carbocycles. The molecule has 1 heterocycles. The Balaban J connectivity index is 2.09. The number of amides is 1. The van der Waals surface area contributed by atoms with Crippen molar-refractivity contribution in [1.29, 1.82) is 0 Å². The molecule has 0 atom stereocenters. The van der Waals surface area contributed by atoms with Crippen LogP contribution in [0, 0.1) is 0 Å². The first-order chi connectivity index (χ1) is 10.6. The number of methoxy groups -OCH3 is 1. The number of benzene rings is 1. The van der Waals surface area contributed by atoms with E-state index in [2.05, 4.69) is 15.3 Å². The van der Waals surface area contributed by atoms with Gasteiger partial charge in [-0.05, 0) is 49.9 Å². The Kier molecular flexibility index (Phi) is 5.77. The summed E-state index contributed by atoms with van der Waals surface area (Å²) < 4.78 is 4.48. The first-order valence-electron chi connectivity index (χ1n) is 7.64. The van der Waals surface area contributed by atoms with E-state index in [9.17, 15) is 9.90 Å². The van der Waals surface area contributed by atoms with E-state index < -0.39 is 6.09 Å². The molecule has 6 nitrogen and oxygen atoms in total. The zero-order chi connectivity index (χ0) is 15.9. The van der Waals surface area contributed by atoms with Crippen molar-refractivity contribution in [3.63, 3.8) is 0 Å². The zero-order valence-corrected chi connectivity index (χ0v) is 13.2. The predicted octanol–water partition coefficient (Wildman–Crippen LogP) is 1.04. The van der Waals surface area contributed by atoms with Crippen molar-refractivity contribution in [2.24, 2.45) is 5.10 Å². The molecule has 0 spiro atoms. The van der Waals surface area contributed by atoms with Gasteiger partial charge in [0.2, 0.25) is 0 Å². The molecule has 1 aliphatic rings. The van der Waals surface area contributed by atoms with Crippen molar-refractivity contribution in [2.75, 3.05) is 20.2 Å². The zero-order valence-electron chi connectivity index (χ0n) is 13.2. The summed E-state index contributed by atoms with van der Waals surface area (Å²) in [5.41, 5.74) is 4.77.